The first-order valence-electron chi connectivity index (χ1n) is 9.42. The molecule has 1 aromatic heterocycles. The van der Waals surface area contributed by atoms with Crippen molar-refractivity contribution in [2.45, 2.75) is 45.4 Å². The molecule has 2 aliphatic heterocycles. The lowest BCUT2D eigenvalue weighted by molar-refractivity contribution is -0.131. The number of likely N-dealkylation sites (tertiary alicyclic amines) is 2. The lowest BCUT2D eigenvalue weighted by Crippen LogP contribution is -2.39. The molecule has 142 valence electrons. The first-order valence-corrected chi connectivity index (χ1v) is 9.42. The minimum absolute atomic E-state index is 0.0574. The minimum Gasteiger partial charge on any atom is -0.478 e. The van der Waals surface area contributed by atoms with Crippen LogP contribution < -0.4 is 0 Å². The molecule has 0 radical (unpaired) electrons. The van der Waals surface area contributed by atoms with Gasteiger partial charge in [-0.15, -0.1) is 0 Å². The zero-order valence-electron chi connectivity index (χ0n) is 15.2. The van der Waals surface area contributed by atoms with Crippen molar-refractivity contribution >= 4 is 17.8 Å². The summed E-state index contributed by atoms with van der Waals surface area (Å²) in [4.78, 5) is 39.7. The highest BCUT2D eigenvalue weighted by atomic mass is 16.4. The van der Waals surface area contributed by atoms with Crippen LogP contribution in [-0.4, -0.2) is 58.9 Å². The van der Waals surface area contributed by atoms with Crippen molar-refractivity contribution in [1.29, 1.82) is 0 Å². The fraction of sp³-hybridized carbons (Fsp3) is 0.632. The Hall–Kier alpha value is -2.31. The van der Waals surface area contributed by atoms with Crippen LogP contribution >= 0.6 is 0 Å². The van der Waals surface area contributed by atoms with Gasteiger partial charge >= 0.3 is 5.97 Å². The van der Waals surface area contributed by atoms with E-state index in [1.807, 2.05) is 4.90 Å². The summed E-state index contributed by atoms with van der Waals surface area (Å²) in [5.41, 5.74) is 0.0574. The van der Waals surface area contributed by atoms with Crippen molar-refractivity contribution in [3.63, 3.8) is 0 Å². The fourth-order valence-electron chi connectivity index (χ4n) is 3.82. The maximum atomic E-state index is 12.6. The van der Waals surface area contributed by atoms with E-state index in [1.54, 1.807) is 11.8 Å². The average Bonchev–Trinajstić information content (AvgIpc) is 3.31. The van der Waals surface area contributed by atoms with Gasteiger partial charge in [0.2, 0.25) is 5.91 Å². The normalized spacial score (nSPS) is 18.3. The molecule has 2 saturated heterocycles. The van der Waals surface area contributed by atoms with E-state index in [4.69, 9.17) is 4.42 Å². The minimum atomic E-state index is -1.08. The lowest BCUT2D eigenvalue weighted by atomic mass is 9.93. The smallest absolute Gasteiger partial charge is 0.339 e. The predicted octanol–water partition coefficient (Wildman–Crippen LogP) is 2.40. The van der Waals surface area contributed by atoms with Crippen LogP contribution in [0.4, 0.5) is 0 Å². The maximum Gasteiger partial charge on any atom is 0.339 e. The summed E-state index contributed by atoms with van der Waals surface area (Å²) >= 11 is 0. The number of nitrogens with zero attached hydrogens (tertiary/aromatic N) is 2. The third-order valence-corrected chi connectivity index (χ3v) is 5.40. The average molecular weight is 362 g/mol. The summed E-state index contributed by atoms with van der Waals surface area (Å²) < 4.78 is 5.47. The van der Waals surface area contributed by atoms with Crippen LogP contribution in [0.5, 0.6) is 0 Å². The van der Waals surface area contributed by atoms with Crippen molar-refractivity contribution in [1.82, 2.24) is 9.80 Å². The van der Waals surface area contributed by atoms with Crippen molar-refractivity contribution in [2.24, 2.45) is 5.92 Å². The molecule has 1 N–H and O–H groups in total. The SMILES string of the molecule is CCc1oc(C(=O)N2CCC(CC(=O)N3CCCC3)CC2)cc1C(=O)O. The molecule has 0 aromatic carbocycles. The summed E-state index contributed by atoms with van der Waals surface area (Å²) in [5, 5.41) is 9.19. The zero-order chi connectivity index (χ0) is 18.7. The summed E-state index contributed by atoms with van der Waals surface area (Å²) in [6.45, 7) is 4.69. The number of aromatic carboxylic acids is 1. The van der Waals surface area contributed by atoms with Gasteiger partial charge in [-0.25, -0.2) is 4.79 Å². The molecule has 2 amide bonds. The molecule has 3 heterocycles. The highest BCUT2D eigenvalue weighted by Crippen LogP contribution is 2.25. The predicted molar refractivity (Wildman–Crippen MR) is 94.1 cm³/mol. The number of hydrogen-bond donors (Lipinski definition) is 1. The van der Waals surface area contributed by atoms with E-state index in [2.05, 4.69) is 0 Å². The number of rotatable bonds is 5. The van der Waals surface area contributed by atoms with Crippen molar-refractivity contribution in [2.75, 3.05) is 26.2 Å². The van der Waals surface area contributed by atoms with Gasteiger partial charge in [0.25, 0.3) is 5.91 Å². The molecule has 0 spiro atoms. The lowest BCUT2D eigenvalue weighted by Gasteiger charge is -2.32. The molecular weight excluding hydrogens is 336 g/mol. The Morgan fingerprint density at radius 1 is 1.12 bits per heavy atom. The Labute approximate surface area is 152 Å². The van der Waals surface area contributed by atoms with Gasteiger partial charge in [-0.3, -0.25) is 9.59 Å². The van der Waals surface area contributed by atoms with Crippen LogP contribution in [0.25, 0.3) is 0 Å². The van der Waals surface area contributed by atoms with E-state index in [-0.39, 0.29) is 23.1 Å². The van der Waals surface area contributed by atoms with Crippen LogP contribution in [0, 0.1) is 5.92 Å². The van der Waals surface area contributed by atoms with Gasteiger partial charge in [0.05, 0.1) is 0 Å². The van der Waals surface area contributed by atoms with Gasteiger partial charge in [0.1, 0.15) is 11.3 Å². The summed E-state index contributed by atoms with van der Waals surface area (Å²) in [5.74, 6) is -0.389. The van der Waals surface area contributed by atoms with E-state index >= 15 is 0 Å². The third-order valence-electron chi connectivity index (χ3n) is 5.40. The molecule has 2 fully saturated rings. The highest BCUT2D eigenvalue weighted by Gasteiger charge is 2.29. The van der Waals surface area contributed by atoms with Gasteiger partial charge in [-0.2, -0.15) is 0 Å². The Kier molecular flexibility index (Phi) is 5.64. The van der Waals surface area contributed by atoms with E-state index in [0.717, 1.165) is 38.8 Å². The standard InChI is InChI=1S/C19H26N2O5/c1-2-15-14(19(24)25)12-16(26-15)18(23)21-9-5-13(6-10-21)11-17(22)20-7-3-4-8-20/h12-13H,2-11H2,1H3,(H,24,25). The number of carbonyl (C=O) groups is 3. The first-order chi connectivity index (χ1) is 12.5. The molecule has 26 heavy (non-hydrogen) atoms. The second-order valence-electron chi connectivity index (χ2n) is 7.13. The van der Waals surface area contributed by atoms with Crippen LogP contribution in [-0.2, 0) is 11.2 Å². The number of carboxylic acids is 1. The molecule has 0 unspecified atom stereocenters. The number of carbonyl (C=O) groups excluding carboxylic acids is 2. The Bertz CT molecular complexity index is 682. The van der Waals surface area contributed by atoms with Gasteiger partial charge in [0, 0.05) is 45.1 Å². The molecule has 3 rings (SSSR count). The summed E-state index contributed by atoms with van der Waals surface area (Å²) in [6.07, 6.45) is 4.76. The summed E-state index contributed by atoms with van der Waals surface area (Å²) in [6, 6.07) is 1.33. The Balaban J connectivity index is 1.55. The molecule has 0 atom stereocenters. The van der Waals surface area contributed by atoms with E-state index in [1.165, 1.54) is 6.07 Å². The topological polar surface area (TPSA) is 91.1 Å². The van der Waals surface area contributed by atoms with Gasteiger partial charge in [0.15, 0.2) is 5.76 Å². The first kappa shape index (κ1) is 18.5. The Morgan fingerprint density at radius 3 is 2.31 bits per heavy atom. The molecule has 1 aromatic rings. The van der Waals surface area contributed by atoms with Crippen molar-refractivity contribution < 1.29 is 23.9 Å². The van der Waals surface area contributed by atoms with Gasteiger partial charge in [-0.05, 0) is 31.6 Å². The van der Waals surface area contributed by atoms with Gasteiger partial charge < -0.3 is 19.3 Å². The van der Waals surface area contributed by atoms with Crippen LogP contribution in [0.2, 0.25) is 0 Å². The molecule has 0 saturated carbocycles. The van der Waals surface area contributed by atoms with Crippen LogP contribution in [0.3, 0.4) is 0 Å². The number of piperidine rings is 1. The number of furan rings is 1. The largest absolute Gasteiger partial charge is 0.478 e. The fourth-order valence-corrected chi connectivity index (χ4v) is 3.82. The number of carboxylic acid groups (broad SMARTS) is 1. The third kappa shape index (κ3) is 3.92. The van der Waals surface area contributed by atoms with E-state index < -0.39 is 5.97 Å². The highest BCUT2D eigenvalue weighted by molar-refractivity contribution is 5.96. The number of hydrogen-bond acceptors (Lipinski definition) is 4. The molecular formula is C19H26N2O5. The zero-order valence-corrected chi connectivity index (χ0v) is 15.2. The second kappa shape index (κ2) is 7.93. The van der Waals surface area contributed by atoms with Crippen LogP contribution in [0.1, 0.15) is 65.7 Å². The summed E-state index contributed by atoms with van der Waals surface area (Å²) in [7, 11) is 0. The molecule has 2 aliphatic rings. The van der Waals surface area contributed by atoms with Crippen molar-refractivity contribution in [3.8, 4) is 0 Å². The number of amides is 2. The monoisotopic (exact) mass is 362 g/mol. The molecule has 0 aliphatic carbocycles. The van der Waals surface area contributed by atoms with Gasteiger partial charge in [-0.1, -0.05) is 6.92 Å². The van der Waals surface area contributed by atoms with E-state index in [0.29, 0.717) is 37.6 Å². The molecule has 7 heteroatoms. The van der Waals surface area contributed by atoms with Crippen molar-refractivity contribution in [3.05, 3.63) is 23.2 Å². The molecule has 7 nitrogen and oxygen atoms in total. The number of aryl methyl sites for hydroxylation is 1. The van der Waals surface area contributed by atoms with E-state index in [9.17, 15) is 19.5 Å². The Morgan fingerprint density at radius 2 is 1.77 bits per heavy atom. The second-order valence-corrected chi connectivity index (χ2v) is 7.13. The maximum absolute atomic E-state index is 12.6. The quantitative estimate of drug-likeness (QED) is 0.868. The molecule has 0 bridgehead atoms. The van der Waals surface area contributed by atoms with Crippen LogP contribution in [0.15, 0.2) is 10.5 Å².